The number of carbonyl (C=O) groups excluding carboxylic acids is 1. The van der Waals surface area contributed by atoms with E-state index in [9.17, 15) is 15.0 Å². The summed E-state index contributed by atoms with van der Waals surface area (Å²) in [5.41, 5.74) is 0.443. The van der Waals surface area contributed by atoms with Gasteiger partial charge in [0, 0.05) is 0 Å². The Morgan fingerprint density at radius 2 is 1.94 bits per heavy atom. The fourth-order valence-electron chi connectivity index (χ4n) is 1.89. The van der Waals surface area contributed by atoms with Crippen molar-refractivity contribution >= 4 is 13.8 Å². The van der Waals surface area contributed by atoms with Crippen molar-refractivity contribution in [2.75, 3.05) is 6.61 Å². The van der Waals surface area contributed by atoms with Crippen LogP contribution in [0.2, 0.25) is 0 Å². The molecule has 0 amide bonds. The van der Waals surface area contributed by atoms with Crippen LogP contribution < -0.4 is 0 Å². The first-order valence-electron chi connectivity index (χ1n) is 5.83. The van der Waals surface area contributed by atoms with Crippen molar-refractivity contribution in [2.45, 2.75) is 24.3 Å². The molecule has 1 aromatic carbocycles. The third-order valence-corrected chi connectivity index (χ3v) is 2.99. The lowest BCUT2D eigenvalue weighted by Gasteiger charge is -2.14. The number of benzene rings is 1. The molecule has 2 rings (SSSR count). The number of hydrogen-bond donors (Lipinski definition) is 2. The lowest BCUT2D eigenvalue weighted by atomic mass is 9.93. The average Bonchev–Trinajstić information content (AvgIpc) is 2.64. The first-order chi connectivity index (χ1) is 8.59. The highest BCUT2D eigenvalue weighted by atomic mass is 16.6. The molecule has 1 aliphatic rings. The van der Waals surface area contributed by atoms with Crippen LogP contribution in [-0.2, 0) is 9.47 Å². The smallest absolute Gasteiger partial charge is 0.338 e. The molecule has 6 heteroatoms. The van der Waals surface area contributed by atoms with Crippen LogP contribution in [0.25, 0.3) is 0 Å². The number of esters is 1. The summed E-state index contributed by atoms with van der Waals surface area (Å²) in [5, 5.41) is 19.1. The molecule has 1 aromatic rings. The molecule has 1 fully saturated rings. The summed E-state index contributed by atoms with van der Waals surface area (Å²) in [6.45, 7) is -0.0731. The largest absolute Gasteiger partial charge is 0.459 e. The Morgan fingerprint density at radius 3 is 2.50 bits per heavy atom. The minimum atomic E-state index is -1.02. The van der Waals surface area contributed by atoms with Crippen molar-refractivity contribution in [3.63, 3.8) is 0 Å². The predicted octanol–water partition coefficient (Wildman–Crippen LogP) is -1.08. The molecular weight excluding hydrogens is 235 g/mol. The number of carbonyl (C=O) groups is 1. The zero-order valence-electron chi connectivity index (χ0n) is 10.0. The van der Waals surface area contributed by atoms with Gasteiger partial charge in [0.2, 0.25) is 0 Å². The molecule has 5 nitrogen and oxygen atoms in total. The Morgan fingerprint density at radius 1 is 1.28 bits per heavy atom. The molecule has 1 heterocycles. The van der Waals surface area contributed by atoms with E-state index in [2.05, 4.69) is 0 Å². The van der Waals surface area contributed by atoms with Gasteiger partial charge in [0.15, 0.2) is 0 Å². The number of aliphatic hydroxyl groups is 2. The van der Waals surface area contributed by atoms with Crippen LogP contribution in [0.4, 0.5) is 0 Å². The maximum Gasteiger partial charge on any atom is 0.338 e. The number of ether oxygens (including phenoxy) is 2. The summed E-state index contributed by atoms with van der Waals surface area (Å²) in [5.74, 6) is -0.472. The van der Waals surface area contributed by atoms with Crippen LogP contribution in [-0.4, -0.2) is 55.0 Å². The van der Waals surface area contributed by atoms with Crippen LogP contribution in [0.15, 0.2) is 30.3 Å². The van der Waals surface area contributed by atoms with Crippen molar-refractivity contribution in [2.24, 2.45) is 0 Å². The Balaban J connectivity index is 1.88. The highest BCUT2D eigenvalue weighted by molar-refractivity contribution is 6.11. The van der Waals surface area contributed by atoms with Gasteiger partial charge < -0.3 is 19.7 Å². The zero-order chi connectivity index (χ0) is 13.1. The lowest BCUT2D eigenvalue weighted by molar-refractivity contribution is -0.0231. The van der Waals surface area contributed by atoms with Gasteiger partial charge in [-0.2, -0.15) is 0 Å². The Labute approximate surface area is 106 Å². The van der Waals surface area contributed by atoms with E-state index in [1.807, 2.05) is 0 Å². The van der Waals surface area contributed by atoms with E-state index >= 15 is 0 Å². The van der Waals surface area contributed by atoms with Crippen LogP contribution in [0.3, 0.4) is 0 Å². The Bertz CT molecular complexity index is 410. The highest BCUT2D eigenvalue weighted by Crippen LogP contribution is 2.19. The second-order valence-corrected chi connectivity index (χ2v) is 4.33. The van der Waals surface area contributed by atoms with Crippen LogP contribution in [0.1, 0.15) is 10.4 Å². The quantitative estimate of drug-likeness (QED) is 0.527. The first kappa shape index (κ1) is 13.1. The van der Waals surface area contributed by atoms with Gasteiger partial charge in [-0.1, -0.05) is 18.2 Å². The molecule has 0 spiro atoms. The van der Waals surface area contributed by atoms with Crippen molar-refractivity contribution in [1.82, 2.24) is 0 Å². The van der Waals surface area contributed by atoms with Crippen LogP contribution >= 0.6 is 0 Å². The fourth-order valence-corrected chi connectivity index (χ4v) is 1.89. The lowest BCUT2D eigenvalue weighted by Crippen LogP contribution is -2.34. The van der Waals surface area contributed by atoms with Gasteiger partial charge in [0.25, 0.3) is 0 Å². The molecule has 2 N–H and O–H groups in total. The topological polar surface area (TPSA) is 76.0 Å². The van der Waals surface area contributed by atoms with E-state index in [4.69, 9.17) is 9.47 Å². The van der Waals surface area contributed by atoms with E-state index < -0.39 is 30.3 Å². The van der Waals surface area contributed by atoms with E-state index in [1.54, 1.807) is 38.2 Å². The number of hydrogen-bond acceptors (Lipinski definition) is 5. The van der Waals surface area contributed by atoms with Gasteiger partial charge in [-0.3, -0.25) is 0 Å². The van der Waals surface area contributed by atoms with Crippen molar-refractivity contribution in [3.05, 3.63) is 35.9 Å². The maximum atomic E-state index is 11.6. The molecule has 18 heavy (non-hydrogen) atoms. The molecule has 0 aliphatic carbocycles. The fraction of sp³-hybridized carbons (Fsp3) is 0.417. The monoisotopic (exact) mass is 250 g/mol. The van der Waals surface area contributed by atoms with Gasteiger partial charge >= 0.3 is 5.97 Å². The molecule has 4 atom stereocenters. The molecule has 0 aromatic heterocycles. The second-order valence-electron chi connectivity index (χ2n) is 4.33. The van der Waals surface area contributed by atoms with Gasteiger partial charge in [-0.15, -0.1) is 0 Å². The average molecular weight is 250 g/mol. The minimum Gasteiger partial charge on any atom is -0.459 e. The van der Waals surface area contributed by atoms with E-state index in [-0.39, 0.29) is 6.61 Å². The van der Waals surface area contributed by atoms with Gasteiger partial charge in [-0.05, 0) is 12.1 Å². The second kappa shape index (κ2) is 5.52. The van der Waals surface area contributed by atoms with Crippen molar-refractivity contribution in [3.8, 4) is 0 Å². The van der Waals surface area contributed by atoms with Gasteiger partial charge in [0.1, 0.15) is 32.8 Å². The summed E-state index contributed by atoms with van der Waals surface area (Å²) < 4.78 is 10.3. The molecular formula is C12H15BO5. The standard InChI is InChI=1S/C12H15BO5/c13-11-10(15)9(14)8(18-11)6-17-12(16)7-4-2-1-3-5-7/h1-5,8-11,14-15H,6,13H2/t8-,9?,10+,11-/m1/s1. The first-order valence-corrected chi connectivity index (χ1v) is 5.83. The molecule has 96 valence electrons. The maximum absolute atomic E-state index is 11.6. The SMILES string of the molecule is B[C@@H]1O[C@H](COC(=O)c2ccccc2)C(O)[C@@H]1O. The molecule has 1 saturated heterocycles. The van der Waals surface area contributed by atoms with Crippen molar-refractivity contribution < 1.29 is 24.5 Å². The Hall–Kier alpha value is -1.37. The summed E-state index contributed by atoms with van der Waals surface area (Å²) in [4.78, 5) is 11.6. The third kappa shape index (κ3) is 2.72. The summed E-state index contributed by atoms with van der Waals surface area (Å²) in [6.07, 6.45) is -2.64. The summed E-state index contributed by atoms with van der Waals surface area (Å²) in [7, 11) is 1.66. The predicted molar refractivity (Wildman–Crippen MR) is 65.9 cm³/mol. The van der Waals surface area contributed by atoms with Crippen molar-refractivity contribution in [1.29, 1.82) is 0 Å². The van der Waals surface area contributed by atoms with E-state index in [1.165, 1.54) is 0 Å². The number of rotatable bonds is 3. The molecule has 1 unspecified atom stereocenters. The normalized spacial score (nSPS) is 31.2. The third-order valence-electron chi connectivity index (χ3n) is 2.99. The summed E-state index contributed by atoms with van der Waals surface area (Å²) in [6, 6.07) is 8.11. The molecule has 0 radical (unpaired) electrons. The summed E-state index contributed by atoms with van der Waals surface area (Å²) >= 11 is 0. The molecule has 1 aliphatic heterocycles. The highest BCUT2D eigenvalue weighted by Gasteiger charge is 2.40. The Kier molecular flexibility index (Phi) is 4.01. The minimum absolute atomic E-state index is 0.0731. The van der Waals surface area contributed by atoms with Gasteiger partial charge in [-0.25, -0.2) is 4.79 Å². The van der Waals surface area contributed by atoms with E-state index in [0.29, 0.717) is 5.56 Å². The van der Waals surface area contributed by atoms with E-state index in [0.717, 1.165) is 0 Å². The number of aliphatic hydroxyl groups excluding tert-OH is 2. The van der Waals surface area contributed by atoms with Gasteiger partial charge in [0.05, 0.1) is 11.6 Å². The zero-order valence-corrected chi connectivity index (χ0v) is 10.0. The van der Waals surface area contributed by atoms with Crippen LogP contribution in [0.5, 0.6) is 0 Å². The van der Waals surface area contributed by atoms with Crippen LogP contribution in [0, 0.1) is 0 Å². The molecule has 0 bridgehead atoms. The molecule has 0 saturated carbocycles.